The third-order valence-electron chi connectivity index (χ3n) is 6.53. The molecule has 2 amide bonds. The van der Waals surface area contributed by atoms with Crippen molar-refractivity contribution in [2.45, 2.75) is 10.2 Å². The van der Waals surface area contributed by atoms with Gasteiger partial charge in [0, 0.05) is 5.92 Å². The van der Waals surface area contributed by atoms with Gasteiger partial charge >= 0.3 is 0 Å². The molecular formula is C24H16BrNO2. The van der Waals surface area contributed by atoms with Gasteiger partial charge in [-0.1, -0.05) is 82.7 Å². The van der Waals surface area contributed by atoms with Crippen LogP contribution >= 0.6 is 15.9 Å². The van der Waals surface area contributed by atoms with Gasteiger partial charge in [0.1, 0.15) is 0 Å². The molecule has 0 N–H and O–H groups in total. The molecule has 1 fully saturated rings. The zero-order valence-electron chi connectivity index (χ0n) is 14.9. The van der Waals surface area contributed by atoms with E-state index in [2.05, 4.69) is 40.2 Å². The van der Waals surface area contributed by atoms with Crippen LogP contribution in [0.5, 0.6) is 0 Å². The number of carbonyl (C=O) groups is 2. The van der Waals surface area contributed by atoms with E-state index < -0.39 is 16.2 Å². The average molecular weight is 430 g/mol. The molecule has 1 aliphatic heterocycles. The van der Waals surface area contributed by atoms with Crippen LogP contribution in [0.25, 0.3) is 0 Å². The Hall–Kier alpha value is -2.72. The minimum atomic E-state index is -0.685. The molecule has 3 aliphatic carbocycles. The molecule has 0 unspecified atom stereocenters. The first-order valence-electron chi connectivity index (χ1n) is 9.44. The molecule has 0 radical (unpaired) electrons. The highest BCUT2D eigenvalue weighted by Crippen LogP contribution is 2.66. The van der Waals surface area contributed by atoms with E-state index in [1.807, 2.05) is 54.6 Å². The SMILES string of the molecule is O=C1[C@@H]2C3c4ccccc4C(Br)(c4ccccc43)[C@@H]2C(=O)N1c1ccccc1. The molecule has 136 valence electrons. The Kier molecular flexibility index (Phi) is 3.15. The summed E-state index contributed by atoms with van der Waals surface area (Å²) in [5, 5.41) is 0. The smallest absolute Gasteiger partial charge is 0.239 e. The van der Waals surface area contributed by atoms with Crippen molar-refractivity contribution in [1.82, 2.24) is 0 Å². The van der Waals surface area contributed by atoms with Crippen molar-refractivity contribution in [2.75, 3.05) is 4.90 Å². The van der Waals surface area contributed by atoms with Gasteiger partial charge in [-0.2, -0.15) is 0 Å². The van der Waals surface area contributed by atoms with Gasteiger partial charge in [0.25, 0.3) is 0 Å². The monoisotopic (exact) mass is 429 g/mol. The number of hydrogen-bond acceptors (Lipinski definition) is 2. The minimum Gasteiger partial charge on any atom is -0.274 e. The van der Waals surface area contributed by atoms with E-state index in [-0.39, 0.29) is 17.7 Å². The van der Waals surface area contributed by atoms with Crippen molar-refractivity contribution in [3.63, 3.8) is 0 Å². The van der Waals surface area contributed by atoms with Gasteiger partial charge in [-0.25, -0.2) is 4.90 Å². The highest BCUT2D eigenvalue weighted by atomic mass is 79.9. The van der Waals surface area contributed by atoms with Gasteiger partial charge in [-0.3, -0.25) is 9.59 Å². The fraction of sp³-hybridized carbons (Fsp3) is 0.167. The number of carbonyl (C=O) groups excluding carboxylic acids is 2. The number of hydrogen-bond donors (Lipinski definition) is 0. The van der Waals surface area contributed by atoms with E-state index >= 15 is 0 Å². The molecule has 0 saturated carbocycles. The number of rotatable bonds is 1. The van der Waals surface area contributed by atoms with E-state index in [1.54, 1.807) is 0 Å². The molecule has 4 aliphatic rings. The van der Waals surface area contributed by atoms with E-state index in [0.29, 0.717) is 5.69 Å². The Balaban J connectivity index is 1.64. The number of halogens is 1. The lowest BCUT2D eigenvalue weighted by Gasteiger charge is -2.51. The molecule has 0 spiro atoms. The van der Waals surface area contributed by atoms with Crippen molar-refractivity contribution in [1.29, 1.82) is 0 Å². The normalized spacial score (nSPS) is 29.5. The Morgan fingerprint density at radius 1 is 0.714 bits per heavy atom. The van der Waals surface area contributed by atoms with Crippen molar-refractivity contribution < 1.29 is 9.59 Å². The Labute approximate surface area is 171 Å². The molecule has 1 saturated heterocycles. The first kappa shape index (κ1) is 16.3. The molecule has 28 heavy (non-hydrogen) atoms. The fourth-order valence-electron chi connectivity index (χ4n) is 5.51. The van der Waals surface area contributed by atoms with Gasteiger partial charge in [-0.15, -0.1) is 0 Å². The third-order valence-corrected chi connectivity index (χ3v) is 7.88. The topological polar surface area (TPSA) is 37.4 Å². The van der Waals surface area contributed by atoms with Crippen LogP contribution in [0.3, 0.4) is 0 Å². The van der Waals surface area contributed by atoms with E-state index in [1.165, 1.54) is 4.90 Å². The zero-order chi connectivity index (χ0) is 19.0. The lowest BCUT2D eigenvalue weighted by molar-refractivity contribution is -0.122. The maximum atomic E-state index is 13.6. The number of imide groups is 1. The van der Waals surface area contributed by atoms with Crippen LogP contribution < -0.4 is 4.90 Å². The summed E-state index contributed by atoms with van der Waals surface area (Å²) in [5.41, 5.74) is 5.16. The van der Waals surface area contributed by atoms with Gasteiger partial charge in [0.05, 0.1) is 21.8 Å². The van der Waals surface area contributed by atoms with Crippen molar-refractivity contribution in [3.8, 4) is 0 Å². The Morgan fingerprint density at radius 2 is 1.25 bits per heavy atom. The number of benzene rings is 3. The molecule has 1 heterocycles. The molecule has 2 atom stereocenters. The van der Waals surface area contributed by atoms with Crippen LogP contribution in [0.4, 0.5) is 5.69 Å². The predicted molar refractivity (Wildman–Crippen MR) is 110 cm³/mol. The summed E-state index contributed by atoms with van der Waals surface area (Å²) in [5.74, 6) is -1.15. The molecule has 4 heteroatoms. The number of para-hydroxylation sites is 1. The molecule has 3 aromatic rings. The number of alkyl halides is 1. The van der Waals surface area contributed by atoms with E-state index in [9.17, 15) is 9.59 Å². The van der Waals surface area contributed by atoms with Crippen LogP contribution in [0.1, 0.15) is 28.2 Å². The lowest BCUT2D eigenvalue weighted by atomic mass is 9.55. The average Bonchev–Trinajstić information content (AvgIpc) is 3.01. The summed E-state index contributed by atoms with van der Waals surface area (Å²) in [6.07, 6.45) is 0. The highest BCUT2D eigenvalue weighted by molar-refractivity contribution is 9.09. The summed E-state index contributed by atoms with van der Waals surface area (Å²) in [7, 11) is 0. The minimum absolute atomic E-state index is 0.0954. The summed E-state index contributed by atoms with van der Waals surface area (Å²) < 4.78 is -0.685. The van der Waals surface area contributed by atoms with Gasteiger partial charge in [-0.05, 0) is 34.4 Å². The summed E-state index contributed by atoms with van der Waals surface area (Å²) >= 11 is 4.01. The Morgan fingerprint density at radius 3 is 1.86 bits per heavy atom. The van der Waals surface area contributed by atoms with Crippen LogP contribution in [0, 0.1) is 11.8 Å². The number of amides is 2. The lowest BCUT2D eigenvalue weighted by Crippen LogP contribution is -2.50. The Bertz CT molecular complexity index is 1110. The highest BCUT2D eigenvalue weighted by Gasteiger charge is 2.67. The second-order valence-electron chi connectivity index (χ2n) is 7.71. The molecule has 3 nitrogen and oxygen atoms in total. The maximum Gasteiger partial charge on any atom is 0.239 e. The van der Waals surface area contributed by atoms with Crippen molar-refractivity contribution in [3.05, 3.63) is 101 Å². The number of nitrogens with zero attached hydrogens (tertiary/aromatic N) is 1. The van der Waals surface area contributed by atoms with E-state index in [4.69, 9.17) is 0 Å². The largest absolute Gasteiger partial charge is 0.274 e. The van der Waals surface area contributed by atoms with Crippen LogP contribution in [-0.2, 0) is 13.9 Å². The molecule has 3 aromatic carbocycles. The van der Waals surface area contributed by atoms with E-state index in [0.717, 1.165) is 22.3 Å². The van der Waals surface area contributed by atoms with Gasteiger partial charge < -0.3 is 0 Å². The molecule has 7 rings (SSSR count). The van der Waals surface area contributed by atoms with Crippen LogP contribution in [0.15, 0.2) is 78.9 Å². The summed E-state index contributed by atoms with van der Waals surface area (Å²) in [6, 6.07) is 25.7. The van der Waals surface area contributed by atoms with Gasteiger partial charge in [0.15, 0.2) is 0 Å². The van der Waals surface area contributed by atoms with Gasteiger partial charge in [0.2, 0.25) is 11.8 Å². The van der Waals surface area contributed by atoms with Crippen LogP contribution in [0.2, 0.25) is 0 Å². The first-order chi connectivity index (χ1) is 13.6. The third kappa shape index (κ3) is 1.75. The standard InChI is InChI=1S/C24H16BrNO2/c25-24-17-12-6-4-10-15(17)19(16-11-5-7-13-18(16)24)20-21(24)23(28)26(22(20)27)14-8-2-1-3-9-14/h1-13,19-21H/t19?,20-,21+,24?/m1/s1. The quantitative estimate of drug-likeness (QED) is 0.419. The maximum absolute atomic E-state index is 13.6. The van der Waals surface area contributed by atoms with Crippen molar-refractivity contribution in [2.24, 2.45) is 11.8 Å². The predicted octanol–water partition coefficient (Wildman–Crippen LogP) is 4.59. The zero-order valence-corrected chi connectivity index (χ0v) is 16.5. The number of anilines is 1. The molecular weight excluding hydrogens is 414 g/mol. The summed E-state index contributed by atoms with van der Waals surface area (Å²) in [6.45, 7) is 0. The second kappa shape index (κ2) is 5.42. The molecule has 2 bridgehead atoms. The van der Waals surface area contributed by atoms with Crippen molar-refractivity contribution >= 4 is 33.4 Å². The molecule has 0 aromatic heterocycles. The first-order valence-corrected chi connectivity index (χ1v) is 10.2. The summed E-state index contributed by atoms with van der Waals surface area (Å²) in [4.78, 5) is 28.6. The van der Waals surface area contributed by atoms with Crippen LogP contribution in [-0.4, -0.2) is 11.8 Å². The fourth-order valence-corrected chi connectivity index (χ4v) is 6.71. The second-order valence-corrected chi connectivity index (χ2v) is 8.97.